The van der Waals surface area contributed by atoms with Gasteiger partial charge in [0, 0.05) is 59.0 Å². The Labute approximate surface area is 243 Å². The second-order valence-electron chi connectivity index (χ2n) is 10.9. The smallest absolute Gasteiger partial charge is 0.453 e. The van der Waals surface area contributed by atoms with Crippen molar-refractivity contribution in [2.45, 2.75) is 75.3 Å². The lowest BCUT2D eigenvalue weighted by atomic mass is 9.66. The lowest BCUT2D eigenvalue weighted by molar-refractivity contribution is -0.284. The highest BCUT2D eigenvalue weighted by Gasteiger charge is 2.56. The summed E-state index contributed by atoms with van der Waals surface area (Å²) in [5.41, 5.74) is 1.53. The Bertz CT molecular complexity index is 1360. The van der Waals surface area contributed by atoms with E-state index in [-0.39, 0.29) is 28.9 Å². The highest BCUT2D eigenvalue weighted by molar-refractivity contribution is 7.84. The van der Waals surface area contributed by atoms with Crippen LogP contribution in [0.1, 0.15) is 67.7 Å². The normalized spacial score (nSPS) is 19.7. The number of rotatable bonds is 13. The fourth-order valence-electron chi connectivity index (χ4n) is 5.32. The monoisotopic (exact) mass is 615 g/mol. The van der Waals surface area contributed by atoms with Crippen molar-refractivity contribution in [2.75, 3.05) is 18.1 Å². The molecule has 2 aromatic carbocycles. The number of phenolic OH excluding ortho intramolecular Hbond substituents is 2. The van der Waals surface area contributed by atoms with Crippen LogP contribution in [0.25, 0.3) is 0 Å². The van der Waals surface area contributed by atoms with Gasteiger partial charge in [-0.25, -0.2) is 4.98 Å². The van der Waals surface area contributed by atoms with E-state index in [0.29, 0.717) is 56.1 Å². The van der Waals surface area contributed by atoms with E-state index in [1.54, 1.807) is 30.5 Å². The van der Waals surface area contributed by atoms with Crippen molar-refractivity contribution >= 4 is 10.8 Å². The number of aryl methyl sites for hydroxylation is 2. The molecular weight excluding hydrogens is 581 g/mol. The first kappa shape index (κ1) is 31.8. The Balaban J connectivity index is 1.30. The van der Waals surface area contributed by atoms with Crippen LogP contribution < -0.4 is 4.74 Å². The number of aromatic nitrogens is 1. The molecule has 1 unspecified atom stereocenters. The zero-order valence-corrected chi connectivity index (χ0v) is 23.9. The van der Waals surface area contributed by atoms with Gasteiger partial charge in [-0.15, -0.1) is 0 Å². The van der Waals surface area contributed by atoms with E-state index in [4.69, 9.17) is 9.15 Å². The van der Waals surface area contributed by atoms with E-state index in [0.717, 1.165) is 11.1 Å². The third kappa shape index (κ3) is 7.62. The van der Waals surface area contributed by atoms with Gasteiger partial charge in [0.15, 0.2) is 5.89 Å². The minimum atomic E-state index is -5.59. The van der Waals surface area contributed by atoms with Crippen molar-refractivity contribution in [3.63, 3.8) is 0 Å². The molecule has 4 rings (SSSR count). The molecule has 3 atom stereocenters. The predicted molar refractivity (Wildman–Crippen MR) is 148 cm³/mol. The molecule has 0 saturated carbocycles. The zero-order valence-electron chi connectivity index (χ0n) is 23.1. The molecule has 0 radical (unpaired) electrons. The summed E-state index contributed by atoms with van der Waals surface area (Å²) in [7, 11) is -1.47. The quantitative estimate of drug-likeness (QED) is 0.156. The van der Waals surface area contributed by atoms with E-state index in [9.17, 15) is 36.4 Å². The first-order valence-corrected chi connectivity index (χ1v) is 15.3. The summed E-state index contributed by atoms with van der Waals surface area (Å²) in [6, 6.07) is 12.1. The summed E-state index contributed by atoms with van der Waals surface area (Å²) in [4.78, 5) is 4.41. The predicted octanol–water partition coefficient (Wildman–Crippen LogP) is 7.20. The number of hydrogen-bond donors (Lipinski definition) is 2. The average Bonchev–Trinajstić information content (AvgIpc) is 3.38. The topological polar surface area (TPSA) is 92.8 Å². The van der Waals surface area contributed by atoms with Crippen molar-refractivity contribution < 1.29 is 45.5 Å². The fraction of sp³-hybridized carbons (Fsp3) is 0.500. The maximum Gasteiger partial charge on any atom is 0.453 e. The number of halogens is 5. The number of fused-ring (bicyclic) bond motifs is 1. The highest BCUT2D eigenvalue weighted by atomic mass is 32.2. The molecule has 42 heavy (non-hydrogen) atoms. The minimum absolute atomic E-state index is 0.00666. The number of alkyl halides is 5. The Kier molecular flexibility index (Phi) is 9.84. The Morgan fingerprint density at radius 1 is 0.976 bits per heavy atom. The van der Waals surface area contributed by atoms with Gasteiger partial charge in [0.1, 0.15) is 23.0 Å². The van der Waals surface area contributed by atoms with Gasteiger partial charge in [0.25, 0.3) is 0 Å². The first-order valence-electron chi connectivity index (χ1n) is 13.8. The second kappa shape index (κ2) is 13.0. The average molecular weight is 616 g/mol. The van der Waals surface area contributed by atoms with E-state index in [1.165, 1.54) is 0 Å². The molecule has 12 heteroatoms. The summed E-state index contributed by atoms with van der Waals surface area (Å²) >= 11 is 0. The molecule has 2 heterocycles. The molecule has 0 bridgehead atoms. The number of aromatic hydroxyl groups is 2. The molecule has 0 aliphatic carbocycles. The molecule has 0 spiro atoms. The fourth-order valence-corrected chi connectivity index (χ4v) is 6.51. The standard InChI is InChI=1S/C30H34F5NO5S/c1-28(20-6-8-21(37)9-7-20)19-40-26-17-22(38)10-11-24(26)25(28)12-13-27-36-18-23(41-27)5-2-3-15-42(39)16-4-14-29(31,32)30(33,34)35/h6-11,17-18,25,37-38H,2-5,12-16,19H2,1H3/t25-,28+,42?/m0/s1. The first-order chi connectivity index (χ1) is 19.8. The van der Waals surface area contributed by atoms with Gasteiger partial charge in [-0.3, -0.25) is 4.21 Å². The highest BCUT2D eigenvalue weighted by Crippen LogP contribution is 2.49. The van der Waals surface area contributed by atoms with Gasteiger partial charge in [0.2, 0.25) is 0 Å². The Morgan fingerprint density at radius 3 is 2.38 bits per heavy atom. The second-order valence-corrected chi connectivity index (χ2v) is 12.6. The van der Waals surface area contributed by atoms with E-state index >= 15 is 0 Å². The molecule has 6 nitrogen and oxygen atoms in total. The molecule has 0 saturated heterocycles. The molecule has 1 aromatic heterocycles. The van der Waals surface area contributed by atoms with Gasteiger partial charge in [-0.05, 0) is 55.0 Å². The van der Waals surface area contributed by atoms with E-state index in [2.05, 4.69) is 11.9 Å². The molecule has 230 valence electrons. The van der Waals surface area contributed by atoms with Crippen LogP contribution in [0, 0.1) is 0 Å². The van der Waals surface area contributed by atoms with Gasteiger partial charge in [0.05, 0.1) is 12.8 Å². The largest absolute Gasteiger partial charge is 0.508 e. The van der Waals surface area contributed by atoms with Crippen LogP contribution in [0.2, 0.25) is 0 Å². The summed E-state index contributed by atoms with van der Waals surface area (Å²) < 4.78 is 86.7. The maximum atomic E-state index is 13.0. The van der Waals surface area contributed by atoms with E-state index < -0.39 is 41.2 Å². The molecule has 0 fully saturated rings. The number of hydrogen-bond acceptors (Lipinski definition) is 6. The molecular formula is C30H34F5NO5S. The lowest BCUT2D eigenvalue weighted by Crippen LogP contribution is -2.40. The summed E-state index contributed by atoms with van der Waals surface area (Å²) in [6.07, 6.45) is -2.92. The third-order valence-corrected chi connectivity index (χ3v) is 9.25. The summed E-state index contributed by atoms with van der Waals surface area (Å²) in [5, 5.41) is 19.7. The number of oxazole rings is 1. The summed E-state index contributed by atoms with van der Waals surface area (Å²) in [5.74, 6) is -2.64. The van der Waals surface area contributed by atoms with Gasteiger partial charge >= 0.3 is 12.1 Å². The van der Waals surface area contributed by atoms with E-state index in [1.807, 2.05) is 18.2 Å². The van der Waals surface area contributed by atoms with Crippen LogP contribution in [0.15, 0.2) is 53.1 Å². The number of phenols is 2. The van der Waals surface area contributed by atoms with Gasteiger partial charge in [-0.1, -0.05) is 25.1 Å². The minimum Gasteiger partial charge on any atom is -0.508 e. The lowest BCUT2D eigenvalue weighted by Gasteiger charge is -2.43. The SMILES string of the molecule is C[C@]1(c2ccc(O)cc2)COc2cc(O)ccc2[C@@H]1CCc1ncc(CCCCS(=O)CCCC(F)(F)C(F)(F)F)o1. The Hall–Kier alpha value is -3.15. The third-order valence-electron chi connectivity index (χ3n) is 7.77. The van der Waals surface area contributed by atoms with Crippen molar-refractivity contribution in [1.29, 1.82) is 0 Å². The van der Waals surface area contributed by atoms with Crippen LogP contribution >= 0.6 is 0 Å². The molecule has 0 amide bonds. The van der Waals surface area contributed by atoms with Crippen molar-refractivity contribution in [1.82, 2.24) is 4.98 Å². The molecule has 1 aliphatic heterocycles. The van der Waals surface area contributed by atoms with Gasteiger partial charge < -0.3 is 19.4 Å². The molecule has 3 aromatic rings. The molecule has 1 aliphatic rings. The number of nitrogens with zero attached hydrogens (tertiary/aromatic N) is 1. The van der Waals surface area contributed by atoms with Crippen molar-refractivity contribution in [3.8, 4) is 17.2 Å². The maximum absolute atomic E-state index is 13.0. The van der Waals surface area contributed by atoms with Crippen LogP contribution in [0.5, 0.6) is 17.2 Å². The number of unbranched alkanes of at least 4 members (excludes halogenated alkanes) is 1. The van der Waals surface area contributed by atoms with Crippen LogP contribution in [-0.2, 0) is 29.1 Å². The van der Waals surface area contributed by atoms with Crippen LogP contribution in [-0.4, -0.2) is 49.6 Å². The number of ether oxygens (including phenoxy) is 1. The van der Waals surface area contributed by atoms with Crippen molar-refractivity contribution in [2.24, 2.45) is 0 Å². The Morgan fingerprint density at radius 2 is 1.67 bits per heavy atom. The van der Waals surface area contributed by atoms with Gasteiger partial charge in [-0.2, -0.15) is 22.0 Å². The zero-order chi connectivity index (χ0) is 30.5. The molecule has 2 N–H and O–H groups in total. The van der Waals surface area contributed by atoms with Crippen LogP contribution in [0.3, 0.4) is 0 Å². The van der Waals surface area contributed by atoms with Crippen LogP contribution in [0.4, 0.5) is 22.0 Å². The number of benzene rings is 2. The van der Waals surface area contributed by atoms with Crippen molar-refractivity contribution in [3.05, 3.63) is 71.4 Å². The summed E-state index contributed by atoms with van der Waals surface area (Å²) in [6.45, 7) is 2.48.